The van der Waals surface area contributed by atoms with Gasteiger partial charge in [0.05, 0.1) is 12.3 Å². The molecule has 0 amide bonds. The molecule has 0 unspecified atom stereocenters. The highest BCUT2D eigenvalue weighted by molar-refractivity contribution is 5.38. The first-order valence-corrected chi connectivity index (χ1v) is 6.61. The maximum absolute atomic E-state index is 9.38. The molecule has 3 aromatic rings. The van der Waals surface area contributed by atoms with Crippen LogP contribution in [0.3, 0.4) is 0 Å². The van der Waals surface area contributed by atoms with E-state index in [4.69, 9.17) is 4.74 Å². The van der Waals surface area contributed by atoms with Crippen LogP contribution in [0.4, 0.5) is 0 Å². The summed E-state index contributed by atoms with van der Waals surface area (Å²) in [6.45, 7) is 1.88. The van der Waals surface area contributed by atoms with Crippen molar-refractivity contribution in [2.45, 2.75) is 13.5 Å². The Morgan fingerprint density at radius 1 is 1.14 bits per heavy atom. The molecule has 0 spiro atoms. The van der Waals surface area contributed by atoms with Crippen LogP contribution in [0.25, 0.3) is 5.69 Å². The lowest BCUT2D eigenvalue weighted by Crippen LogP contribution is -1.96. The summed E-state index contributed by atoms with van der Waals surface area (Å²) in [5, 5.41) is 13.7. The van der Waals surface area contributed by atoms with Gasteiger partial charge < -0.3 is 9.84 Å². The molecule has 0 atom stereocenters. The maximum Gasteiger partial charge on any atom is 0.341 e. The van der Waals surface area contributed by atoms with Crippen molar-refractivity contribution in [2.24, 2.45) is 0 Å². The Hall–Kier alpha value is -2.66. The number of aromatic nitrogens is 3. The molecule has 0 aliphatic rings. The lowest BCUT2D eigenvalue weighted by atomic mass is 10.1. The number of aliphatic hydroxyl groups excluding tert-OH is 1. The van der Waals surface area contributed by atoms with Gasteiger partial charge >= 0.3 is 6.01 Å². The third-order valence-corrected chi connectivity index (χ3v) is 3.08. The molecule has 1 aromatic heterocycles. The summed E-state index contributed by atoms with van der Waals surface area (Å²) in [5.41, 5.74) is 2.69. The van der Waals surface area contributed by atoms with E-state index in [2.05, 4.69) is 10.1 Å². The van der Waals surface area contributed by atoms with Crippen LogP contribution in [0.2, 0.25) is 0 Å². The van der Waals surface area contributed by atoms with Gasteiger partial charge in [0.2, 0.25) is 0 Å². The minimum atomic E-state index is -0.0869. The van der Waals surface area contributed by atoms with Crippen molar-refractivity contribution in [3.63, 3.8) is 0 Å². The highest BCUT2D eigenvalue weighted by atomic mass is 16.5. The van der Waals surface area contributed by atoms with Gasteiger partial charge in [-0.15, -0.1) is 5.10 Å². The Bertz CT molecular complexity index is 738. The van der Waals surface area contributed by atoms with Crippen LogP contribution in [0.5, 0.6) is 11.8 Å². The minimum absolute atomic E-state index is 0.0869. The molecule has 1 heterocycles. The number of para-hydroxylation sites is 1. The van der Waals surface area contributed by atoms with Gasteiger partial charge in [-0.3, -0.25) is 0 Å². The molecule has 0 aliphatic heterocycles. The quantitative estimate of drug-likeness (QED) is 0.799. The Balaban J connectivity index is 1.85. The summed E-state index contributed by atoms with van der Waals surface area (Å²) in [6.07, 6.45) is 1.59. The maximum atomic E-state index is 9.38. The fourth-order valence-electron chi connectivity index (χ4n) is 2.03. The zero-order chi connectivity index (χ0) is 14.7. The molecule has 106 valence electrons. The Labute approximate surface area is 122 Å². The third-order valence-electron chi connectivity index (χ3n) is 3.08. The number of hydrogen-bond acceptors (Lipinski definition) is 4. The highest BCUT2D eigenvalue weighted by Gasteiger charge is 2.08. The van der Waals surface area contributed by atoms with Gasteiger partial charge in [0.25, 0.3) is 0 Å². The highest BCUT2D eigenvalue weighted by Crippen LogP contribution is 2.24. The zero-order valence-corrected chi connectivity index (χ0v) is 11.6. The van der Waals surface area contributed by atoms with Crippen molar-refractivity contribution in [3.8, 4) is 17.4 Å². The summed E-state index contributed by atoms with van der Waals surface area (Å²) >= 11 is 0. The molecule has 5 heteroatoms. The van der Waals surface area contributed by atoms with Crippen molar-refractivity contribution in [3.05, 3.63) is 66.0 Å². The smallest absolute Gasteiger partial charge is 0.341 e. The predicted molar refractivity (Wildman–Crippen MR) is 78.5 cm³/mol. The Morgan fingerprint density at radius 2 is 1.95 bits per heavy atom. The Kier molecular flexibility index (Phi) is 3.66. The van der Waals surface area contributed by atoms with E-state index < -0.39 is 0 Å². The Morgan fingerprint density at radius 3 is 2.71 bits per heavy atom. The summed E-state index contributed by atoms with van der Waals surface area (Å²) in [7, 11) is 0. The summed E-state index contributed by atoms with van der Waals surface area (Å²) < 4.78 is 7.30. The fraction of sp³-hybridized carbons (Fsp3) is 0.125. The van der Waals surface area contributed by atoms with Crippen molar-refractivity contribution < 1.29 is 9.84 Å². The lowest BCUT2D eigenvalue weighted by molar-refractivity contribution is 0.275. The van der Waals surface area contributed by atoms with Crippen LogP contribution < -0.4 is 4.74 Å². The molecule has 0 saturated heterocycles. The number of rotatable bonds is 4. The predicted octanol–water partition coefficient (Wildman–Crippen LogP) is 2.86. The van der Waals surface area contributed by atoms with Gasteiger partial charge in [-0.25, -0.2) is 4.68 Å². The van der Waals surface area contributed by atoms with Crippen molar-refractivity contribution in [1.29, 1.82) is 0 Å². The van der Waals surface area contributed by atoms with E-state index in [0.717, 1.165) is 11.3 Å². The molecule has 1 N–H and O–H groups in total. The molecule has 0 saturated carbocycles. The van der Waals surface area contributed by atoms with Crippen molar-refractivity contribution >= 4 is 0 Å². The van der Waals surface area contributed by atoms with Crippen LogP contribution >= 0.6 is 0 Å². The van der Waals surface area contributed by atoms with Gasteiger partial charge in [-0.2, -0.15) is 4.98 Å². The van der Waals surface area contributed by atoms with Gasteiger partial charge in [-0.1, -0.05) is 35.9 Å². The van der Waals surface area contributed by atoms with Crippen LogP contribution in [0, 0.1) is 6.92 Å². The molecule has 0 bridgehead atoms. The van der Waals surface area contributed by atoms with Crippen LogP contribution in [-0.4, -0.2) is 19.9 Å². The monoisotopic (exact) mass is 281 g/mol. The molecular weight excluding hydrogens is 266 g/mol. The van der Waals surface area contributed by atoms with Crippen LogP contribution in [0.1, 0.15) is 11.1 Å². The van der Waals surface area contributed by atoms with E-state index in [-0.39, 0.29) is 12.6 Å². The first kappa shape index (κ1) is 13.3. The zero-order valence-electron chi connectivity index (χ0n) is 11.6. The molecule has 5 nitrogen and oxygen atoms in total. The lowest BCUT2D eigenvalue weighted by Gasteiger charge is -2.07. The van der Waals surface area contributed by atoms with Gasteiger partial charge in [-0.05, 0) is 25.1 Å². The number of hydrogen-bond donors (Lipinski definition) is 1. The SMILES string of the molecule is Cc1ccc(Oc2ncn(-c3ccccc3)n2)c(CO)c1. The van der Waals surface area contributed by atoms with E-state index >= 15 is 0 Å². The average molecular weight is 281 g/mol. The molecule has 0 radical (unpaired) electrons. The second kappa shape index (κ2) is 5.76. The summed E-state index contributed by atoms with van der Waals surface area (Å²) in [5.74, 6) is 0.564. The minimum Gasteiger partial charge on any atom is -0.423 e. The van der Waals surface area contributed by atoms with Crippen molar-refractivity contribution in [1.82, 2.24) is 14.8 Å². The fourth-order valence-corrected chi connectivity index (χ4v) is 2.03. The average Bonchev–Trinajstić information content (AvgIpc) is 2.98. The normalized spacial score (nSPS) is 10.6. The summed E-state index contributed by atoms with van der Waals surface area (Å²) in [4.78, 5) is 4.13. The van der Waals surface area contributed by atoms with Gasteiger partial charge in [0.15, 0.2) is 0 Å². The first-order valence-electron chi connectivity index (χ1n) is 6.61. The number of aliphatic hydroxyl groups is 1. The van der Waals surface area contributed by atoms with Crippen LogP contribution in [0.15, 0.2) is 54.9 Å². The number of benzene rings is 2. The molecular formula is C16H15N3O2. The molecule has 2 aromatic carbocycles. The molecule has 0 fully saturated rings. The van der Waals surface area contributed by atoms with Crippen LogP contribution in [-0.2, 0) is 6.61 Å². The number of aryl methyl sites for hydroxylation is 1. The van der Waals surface area contributed by atoms with E-state index in [9.17, 15) is 5.11 Å². The first-order chi connectivity index (χ1) is 10.3. The van der Waals surface area contributed by atoms with Gasteiger partial charge in [0.1, 0.15) is 12.1 Å². The number of ether oxygens (including phenoxy) is 1. The second-order valence-electron chi connectivity index (χ2n) is 4.68. The van der Waals surface area contributed by atoms with E-state index in [1.807, 2.05) is 55.5 Å². The summed E-state index contributed by atoms with van der Waals surface area (Å²) in [6, 6.07) is 15.5. The molecule has 3 rings (SSSR count). The number of nitrogens with zero attached hydrogens (tertiary/aromatic N) is 3. The topological polar surface area (TPSA) is 60.2 Å². The van der Waals surface area contributed by atoms with E-state index in [1.54, 1.807) is 11.0 Å². The molecule has 0 aliphatic carbocycles. The molecule has 21 heavy (non-hydrogen) atoms. The van der Waals surface area contributed by atoms with E-state index in [0.29, 0.717) is 11.3 Å². The van der Waals surface area contributed by atoms with Gasteiger partial charge in [0, 0.05) is 5.56 Å². The largest absolute Gasteiger partial charge is 0.423 e. The van der Waals surface area contributed by atoms with Crippen molar-refractivity contribution in [2.75, 3.05) is 0 Å². The standard InChI is InChI=1S/C16H15N3O2/c1-12-7-8-15(13(9-12)10-20)21-16-17-11-19(18-16)14-5-3-2-4-6-14/h2-9,11,20H,10H2,1H3. The second-order valence-corrected chi connectivity index (χ2v) is 4.68. The third kappa shape index (κ3) is 2.93. The van der Waals surface area contributed by atoms with E-state index in [1.165, 1.54) is 0 Å².